The quantitative estimate of drug-likeness (QED) is 0.493. The maximum absolute atomic E-state index is 11.6. The number of esters is 2. The second-order valence-electron chi connectivity index (χ2n) is 5.28. The van der Waals surface area contributed by atoms with E-state index in [0.717, 1.165) is 0 Å². The Morgan fingerprint density at radius 3 is 1.71 bits per heavy atom. The Kier molecular flexibility index (Phi) is 9.41. The molecule has 0 aromatic heterocycles. The summed E-state index contributed by atoms with van der Waals surface area (Å²) >= 11 is 0. The molecular formula is C15H26O6. The van der Waals surface area contributed by atoms with E-state index in [1.165, 1.54) is 0 Å². The number of carbonyl (C=O) groups is 3. The summed E-state index contributed by atoms with van der Waals surface area (Å²) in [5.74, 6) is -2.49. The van der Waals surface area contributed by atoms with Gasteiger partial charge >= 0.3 is 17.9 Å². The molecule has 0 aliphatic carbocycles. The number of ether oxygens (including phenoxy) is 2. The van der Waals surface area contributed by atoms with Crippen LogP contribution in [-0.4, -0.2) is 29.3 Å². The van der Waals surface area contributed by atoms with Gasteiger partial charge in [-0.15, -0.1) is 0 Å². The Hall–Kier alpha value is -1.59. The molecule has 0 rings (SSSR count). The summed E-state index contributed by atoms with van der Waals surface area (Å²) in [6, 6.07) is 0. The zero-order chi connectivity index (χ0) is 16.4. The second-order valence-corrected chi connectivity index (χ2v) is 5.28. The van der Waals surface area contributed by atoms with Crippen LogP contribution in [-0.2, 0) is 23.9 Å². The predicted octanol–water partition coefficient (Wildman–Crippen LogP) is 2.75. The largest absolute Gasteiger partial charge is 0.481 e. The van der Waals surface area contributed by atoms with Crippen molar-refractivity contribution in [1.29, 1.82) is 0 Å². The second kappa shape index (κ2) is 10.2. The van der Waals surface area contributed by atoms with Gasteiger partial charge in [-0.2, -0.15) is 0 Å². The van der Waals surface area contributed by atoms with Crippen molar-refractivity contribution in [3.05, 3.63) is 0 Å². The molecule has 21 heavy (non-hydrogen) atoms. The summed E-state index contributed by atoms with van der Waals surface area (Å²) in [5, 5.41) is 8.83. The van der Waals surface area contributed by atoms with Crippen molar-refractivity contribution in [2.24, 2.45) is 11.8 Å². The lowest BCUT2D eigenvalue weighted by Crippen LogP contribution is -2.34. The molecule has 0 aromatic carbocycles. The lowest BCUT2D eigenvalue weighted by Gasteiger charge is -2.27. The van der Waals surface area contributed by atoms with E-state index in [1.807, 2.05) is 13.8 Å². The zero-order valence-corrected chi connectivity index (χ0v) is 13.3. The Morgan fingerprint density at radius 2 is 1.38 bits per heavy atom. The summed E-state index contributed by atoms with van der Waals surface area (Å²) in [4.78, 5) is 34.0. The van der Waals surface area contributed by atoms with E-state index in [2.05, 4.69) is 0 Å². The van der Waals surface area contributed by atoms with Gasteiger partial charge in [-0.3, -0.25) is 14.4 Å². The van der Waals surface area contributed by atoms with Gasteiger partial charge in [0.05, 0.1) is 0 Å². The molecule has 6 nitrogen and oxygen atoms in total. The fourth-order valence-electron chi connectivity index (χ4n) is 1.75. The van der Waals surface area contributed by atoms with E-state index in [0.29, 0.717) is 12.8 Å². The van der Waals surface area contributed by atoms with E-state index in [9.17, 15) is 14.4 Å². The fraction of sp³-hybridized carbons (Fsp3) is 0.800. The summed E-state index contributed by atoms with van der Waals surface area (Å²) < 4.78 is 10.4. The third-order valence-corrected chi connectivity index (χ3v) is 3.23. The van der Waals surface area contributed by atoms with Crippen LogP contribution < -0.4 is 0 Å². The molecule has 0 spiro atoms. The summed E-state index contributed by atoms with van der Waals surface area (Å²) in [6.07, 6.45) is 0.636. The highest BCUT2D eigenvalue weighted by molar-refractivity contribution is 5.71. The molecule has 2 atom stereocenters. The highest BCUT2D eigenvalue weighted by Crippen LogP contribution is 2.23. The monoisotopic (exact) mass is 302 g/mol. The van der Waals surface area contributed by atoms with Gasteiger partial charge in [0, 0.05) is 25.2 Å². The molecular weight excluding hydrogens is 276 g/mol. The molecule has 0 heterocycles. The molecule has 2 unspecified atom stereocenters. The smallest absolute Gasteiger partial charge is 0.308 e. The maximum Gasteiger partial charge on any atom is 0.308 e. The minimum Gasteiger partial charge on any atom is -0.481 e. The Balaban J connectivity index is 4.79. The van der Waals surface area contributed by atoms with Crippen LogP contribution in [0.2, 0.25) is 0 Å². The average molecular weight is 302 g/mol. The standard InChI is InChI=1S/C15H26O6/c1-5-7-13(18)20-15(21-14(19)8-6-2)11(4)10(3)9-12(16)17/h10-11,15H,5-9H2,1-4H3,(H,16,17). The van der Waals surface area contributed by atoms with Crippen LogP contribution in [0.4, 0.5) is 0 Å². The Morgan fingerprint density at radius 1 is 0.952 bits per heavy atom. The lowest BCUT2D eigenvalue weighted by atomic mass is 9.92. The molecule has 122 valence electrons. The van der Waals surface area contributed by atoms with E-state index in [4.69, 9.17) is 14.6 Å². The summed E-state index contributed by atoms with van der Waals surface area (Å²) in [6.45, 7) is 7.13. The van der Waals surface area contributed by atoms with Gasteiger partial charge in [-0.25, -0.2) is 0 Å². The molecule has 0 amide bonds. The highest BCUT2D eigenvalue weighted by Gasteiger charge is 2.30. The average Bonchev–Trinajstić information content (AvgIpc) is 2.36. The molecule has 0 aliphatic heterocycles. The Bertz CT molecular complexity index is 332. The molecule has 0 radical (unpaired) electrons. The molecule has 1 N–H and O–H groups in total. The Labute approximate surface area is 125 Å². The van der Waals surface area contributed by atoms with Crippen molar-refractivity contribution in [3.8, 4) is 0 Å². The fourth-order valence-corrected chi connectivity index (χ4v) is 1.75. The van der Waals surface area contributed by atoms with Crippen LogP contribution in [0.3, 0.4) is 0 Å². The van der Waals surface area contributed by atoms with Crippen molar-refractivity contribution in [2.75, 3.05) is 0 Å². The van der Waals surface area contributed by atoms with Crippen molar-refractivity contribution in [3.63, 3.8) is 0 Å². The van der Waals surface area contributed by atoms with Gasteiger partial charge in [0.1, 0.15) is 0 Å². The normalized spacial score (nSPS) is 13.6. The van der Waals surface area contributed by atoms with E-state index < -0.39 is 24.2 Å². The van der Waals surface area contributed by atoms with Gasteiger partial charge in [0.25, 0.3) is 0 Å². The highest BCUT2D eigenvalue weighted by atomic mass is 16.7. The first-order valence-corrected chi connectivity index (χ1v) is 7.42. The minimum atomic E-state index is -1.03. The first kappa shape index (κ1) is 19.4. The lowest BCUT2D eigenvalue weighted by molar-refractivity contribution is -0.200. The molecule has 6 heteroatoms. The number of hydrogen-bond donors (Lipinski definition) is 1. The van der Waals surface area contributed by atoms with Gasteiger partial charge in [-0.1, -0.05) is 27.7 Å². The number of aliphatic carboxylic acids is 1. The van der Waals surface area contributed by atoms with Crippen LogP contribution in [0.15, 0.2) is 0 Å². The van der Waals surface area contributed by atoms with E-state index in [-0.39, 0.29) is 31.1 Å². The van der Waals surface area contributed by atoms with Gasteiger partial charge < -0.3 is 14.6 Å². The van der Waals surface area contributed by atoms with E-state index >= 15 is 0 Å². The molecule has 0 saturated heterocycles. The van der Waals surface area contributed by atoms with E-state index in [1.54, 1.807) is 13.8 Å². The van der Waals surface area contributed by atoms with Crippen LogP contribution >= 0.6 is 0 Å². The van der Waals surface area contributed by atoms with Gasteiger partial charge in [0.15, 0.2) is 0 Å². The van der Waals surface area contributed by atoms with Crippen LogP contribution in [0.25, 0.3) is 0 Å². The predicted molar refractivity (Wildman–Crippen MR) is 76.4 cm³/mol. The van der Waals surface area contributed by atoms with Gasteiger partial charge in [-0.05, 0) is 18.8 Å². The van der Waals surface area contributed by atoms with Crippen LogP contribution in [0.1, 0.15) is 59.8 Å². The topological polar surface area (TPSA) is 89.9 Å². The van der Waals surface area contributed by atoms with Crippen LogP contribution in [0, 0.1) is 11.8 Å². The van der Waals surface area contributed by atoms with Gasteiger partial charge in [0.2, 0.25) is 6.29 Å². The third kappa shape index (κ3) is 8.32. The maximum atomic E-state index is 11.6. The van der Waals surface area contributed by atoms with Crippen LogP contribution in [0.5, 0.6) is 0 Å². The first-order valence-electron chi connectivity index (χ1n) is 7.42. The first-order chi connectivity index (χ1) is 9.81. The van der Waals surface area contributed by atoms with Crippen molar-refractivity contribution >= 4 is 17.9 Å². The molecule has 0 fully saturated rings. The zero-order valence-electron chi connectivity index (χ0n) is 13.3. The van der Waals surface area contributed by atoms with Crippen molar-refractivity contribution < 1.29 is 29.0 Å². The third-order valence-electron chi connectivity index (χ3n) is 3.23. The molecule has 0 aliphatic rings. The number of carbonyl (C=O) groups excluding carboxylic acids is 2. The number of rotatable bonds is 10. The summed E-state index contributed by atoms with van der Waals surface area (Å²) in [7, 11) is 0. The summed E-state index contributed by atoms with van der Waals surface area (Å²) in [5.41, 5.74) is 0. The number of carboxylic acid groups (broad SMARTS) is 1. The molecule has 0 saturated carbocycles. The van der Waals surface area contributed by atoms with Crippen molar-refractivity contribution in [2.45, 2.75) is 66.1 Å². The molecule has 0 aromatic rings. The SMILES string of the molecule is CCCC(=O)OC(OC(=O)CCC)C(C)C(C)CC(=O)O. The minimum absolute atomic E-state index is 0.0751. The molecule has 0 bridgehead atoms. The van der Waals surface area contributed by atoms with Crippen molar-refractivity contribution in [1.82, 2.24) is 0 Å². The number of carboxylic acids is 1. The number of hydrogen-bond acceptors (Lipinski definition) is 5.